The molecule has 1 rings (SSSR count). The summed E-state index contributed by atoms with van der Waals surface area (Å²) in [5.41, 5.74) is 6.51. The Kier molecular flexibility index (Phi) is 7.13. The first-order chi connectivity index (χ1) is 7.09. The molecule has 1 aromatic carbocycles. The number of carbonyl (C=O) groups excluding carboxylic acids is 1. The Balaban J connectivity index is 0.00000225. The van der Waals surface area contributed by atoms with Gasteiger partial charge in [0.25, 0.3) is 0 Å². The highest BCUT2D eigenvalue weighted by molar-refractivity contribution is 6.30. The Morgan fingerprint density at radius 2 is 2.25 bits per heavy atom. The number of benzene rings is 1. The van der Waals surface area contributed by atoms with Crippen LogP contribution in [0.3, 0.4) is 0 Å². The van der Waals surface area contributed by atoms with E-state index >= 15 is 0 Å². The molecule has 0 saturated carbocycles. The van der Waals surface area contributed by atoms with Crippen LogP contribution in [0.25, 0.3) is 0 Å². The topological polar surface area (TPSA) is 55.1 Å². The first kappa shape index (κ1) is 15.2. The van der Waals surface area contributed by atoms with Gasteiger partial charge in [0.1, 0.15) is 0 Å². The first-order valence-corrected chi connectivity index (χ1v) is 5.25. The molecule has 3 nitrogen and oxygen atoms in total. The van der Waals surface area contributed by atoms with Crippen LogP contribution in [0.5, 0.6) is 0 Å². The van der Waals surface area contributed by atoms with Gasteiger partial charge in [-0.25, -0.2) is 0 Å². The molecule has 0 aliphatic heterocycles. The molecule has 5 heteroatoms. The van der Waals surface area contributed by atoms with Gasteiger partial charge in [0.2, 0.25) is 5.91 Å². The summed E-state index contributed by atoms with van der Waals surface area (Å²) in [7, 11) is 0. The lowest BCUT2D eigenvalue weighted by molar-refractivity contribution is -0.121. The average molecular weight is 263 g/mol. The van der Waals surface area contributed by atoms with Crippen LogP contribution in [0.1, 0.15) is 12.5 Å². The minimum atomic E-state index is -0.454. The summed E-state index contributed by atoms with van der Waals surface area (Å²) in [6.07, 6.45) is 0.763. The van der Waals surface area contributed by atoms with Crippen molar-refractivity contribution >= 4 is 29.9 Å². The van der Waals surface area contributed by atoms with Gasteiger partial charge in [-0.2, -0.15) is 0 Å². The third kappa shape index (κ3) is 5.35. The van der Waals surface area contributed by atoms with Crippen molar-refractivity contribution in [2.24, 2.45) is 5.73 Å². The van der Waals surface area contributed by atoms with Gasteiger partial charge < -0.3 is 11.1 Å². The van der Waals surface area contributed by atoms with Gasteiger partial charge in [-0.15, -0.1) is 12.4 Å². The number of rotatable bonds is 4. The smallest absolute Gasteiger partial charge is 0.236 e. The molecule has 0 saturated heterocycles. The van der Waals surface area contributed by atoms with Crippen molar-refractivity contribution in [1.29, 1.82) is 0 Å². The van der Waals surface area contributed by atoms with Crippen molar-refractivity contribution in [1.82, 2.24) is 5.32 Å². The maximum atomic E-state index is 11.1. The highest BCUT2D eigenvalue weighted by atomic mass is 35.5. The van der Waals surface area contributed by atoms with Crippen molar-refractivity contribution < 1.29 is 4.79 Å². The van der Waals surface area contributed by atoms with Crippen LogP contribution >= 0.6 is 24.0 Å². The van der Waals surface area contributed by atoms with Gasteiger partial charge in [0, 0.05) is 11.6 Å². The van der Waals surface area contributed by atoms with E-state index in [1.54, 1.807) is 6.92 Å². The third-order valence-corrected chi connectivity index (χ3v) is 2.25. The highest BCUT2D eigenvalue weighted by Gasteiger charge is 2.05. The van der Waals surface area contributed by atoms with Crippen LogP contribution in [0.2, 0.25) is 5.02 Å². The summed E-state index contributed by atoms with van der Waals surface area (Å²) in [5.74, 6) is -0.128. The molecule has 1 atom stereocenters. The minimum Gasteiger partial charge on any atom is -0.354 e. The minimum absolute atomic E-state index is 0. The van der Waals surface area contributed by atoms with Crippen molar-refractivity contribution in [3.8, 4) is 0 Å². The van der Waals surface area contributed by atoms with E-state index < -0.39 is 6.04 Å². The number of carbonyl (C=O) groups is 1. The predicted octanol–water partition coefficient (Wildman–Crippen LogP) is 1.77. The second kappa shape index (κ2) is 7.49. The van der Waals surface area contributed by atoms with Crippen LogP contribution in [0.4, 0.5) is 0 Å². The Morgan fingerprint density at radius 3 is 2.81 bits per heavy atom. The zero-order chi connectivity index (χ0) is 11.3. The zero-order valence-corrected chi connectivity index (χ0v) is 10.6. The van der Waals surface area contributed by atoms with Gasteiger partial charge in [0.15, 0.2) is 0 Å². The molecule has 1 amide bonds. The van der Waals surface area contributed by atoms with E-state index in [1.807, 2.05) is 24.3 Å². The summed E-state index contributed by atoms with van der Waals surface area (Å²) >= 11 is 5.83. The molecule has 0 aliphatic carbocycles. The predicted molar refractivity (Wildman–Crippen MR) is 69.1 cm³/mol. The van der Waals surface area contributed by atoms with Gasteiger partial charge in [-0.05, 0) is 31.0 Å². The molecule has 0 fully saturated rings. The summed E-state index contributed by atoms with van der Waals surface area (Å²) < 4.78 is 0. The molecule has 1 unspecified atom stereocenters. The molecule has 0 spiro atoms. The molecule has 90 valence electrons. The maximum Gasteiger partial charge on any atom is 0.236 e. The van der Waals surface area contributed by atoms with Crippen molar-refractivity contribution in [3.63, 3.8) is 0 Å². The number of nitrogens with one attached hydrogen (secondary N) is 1. The molecular weight excluding hydrogens is 247 g/mol. The Labute approximate surface area is 107 Å². The monoisotopic (exact) mass is 262 g/mol. The largest absolute Gasteiger partial charge is 0.354 e. The third-order valence-electron chi connectivity index (χ3n) is 2.02. The van der Waals surface area contributed by atoms with Crippen LogP contribution in [0.15, 0.2) is 24.3 Å². The molecule has 0 aromatic heterocycles. The average Bonchev–Trinajstić information content (AvgIpc) is 2.17. The van der Waals surface area contributed by atoms with E-state index in [2.05, 4.69) is 5.32 Å². The van der Waals surface area contributed by atoms with E-state index in [-0.39, 0.29) is 18.3 Å². The summed E-state index contributed by atoms with van der Waals surface area (Å²) in [4.78, 5) is 11.1. The molecule has 1 aromatic rings. The molecule has 0 aliphatic rings. The van der Waals surface area contributed by atoms with Crippen molar-refractivity contribution in [2.75, 3.05) is 6.54 Å². The number of hydrogen-bond acceptors (Lipinski definition) is 2. The fourth-order valence-corrected chi connectivity index (χ4v) is 1.40. The Hall–Kier alpha value is -0.770. The number of amides is 1. The van der Waals surface area contributed by atoms with Gasteiger partial charge in [0.05, 0.1) is 6.04 Å². The highest BCUT2D eigenvalue weighted by Crippen LogP contribution is 2.10. The molecule has 3 N–H and O–H groups in total. The lowest BCUT2D eigenvalue weighted by Crippen LogP contribution is -2.39. The lowest BCUT2D eigenvalue weighted by Gasteiger charge is -2.07. The summed E-state index contributed by atoms with van der Waals surface area (Å²) in [6, 6.07) is 7.13. The standard InChI is InChI=1S/C11H15ClN2O.ClH/c1-8(13)11(15)14-6-5-9-3-2-4-10(12)7-9;/h2-4,7-8H,5-6,13H2,1H3,(H,14,15);1H. The van der Waals surface area contributed by atoms with E-state index in [0.717, 1.165) is 12.0 Å². The first-order valence-electron chi connectivity index (χ1n) is 4.87. The Morgan fingerprint density at radius 1 is 1.56 bits per heavy atom. The second-order valence-corrected chi connectivity index (χ2v) is 3.90. The fraction of sp³-hybridized carbons (Fsp3) is 0.364. The molecule has 0 heterocycles. The number of nitrogens with two attached hydrogens (primary N) is 1. The van der Waals surface area contributed by atoms with Crippen LogP contribution < -0.4 is 11.1 Å². The van der Waals surface area contributed by atoms with E-state index in [0.29, 0.717) is 11.6 Å². The van der Waals surface area contributed by atoms with Gasteiger partial charge in [-0.3, -0.25) is 4.79 Å². The van der Waals surface area contributed by atoms with Crippen LogP contribution in [-0.2, 0) is 11.2 Å². The molecule has 16 heavy (non-hydrogen) atoms. The fourth-order valence-electron chi connectivity index (χ4n) is 1.18. The quantitative estimate of drug-likeness (QED) is 0.869. The van der Waals surface area contributed by atoms with Crippen molar-refractivity contribution in [2.45, 2.75) is 19.4 Å². The second-order valence-electron chi connectivity index (χ2n) is 3.46. The van der Waals surface area contributed by atoms with Gasteiger partial charge >= 0.3 is 0 Å². The van der Waals surface area contributed by atoms with Crippen molar-refractivity contribution in [3.05, 3.63) is 34.9 Å². The maximum absolute atomic E-state index is 11.1. The molecule has 0 radical (unpaired) electrons. The van der Waals surface area contributed by atoms with E-state index in [4.69, 9.17) is 17.3 Å². The SMILES string of the molecule is CC(N)C(=O)NCCc1cccc(Cl)c1.Cl. The lowest BCUT2D eigenvalue weighted by atomic mass is 10.1. The molecular formula is C11H16Cl2N2O. The summed E-state index contributed by atoms with van der Waals surface area (Å²) in [5, 5.41) is 3.46. The Bertz CT molecular complexity index is 343. The van der Waals surface area contributed by atoms with E-state index in [9.17, 15) is 4.79 Å². The summed E-state index contributed by atoms with van der Waals surface area (Å²) in [6.45, 7) is 2.25. The zero-order valence-electron chi connectivity index (χ0n) is 9.07. The van der Waals surface area contributed by atoms with Crippen LogP contribution in [0, 0.1) is 0 Å². The number of hydrogen-bond donors (Lipinski definition) is 2. The normalized spacial score (nSPS) is 11.4. The number of halogens is 2. The van der Waals surface area contributed by atoms with Crippen LogP contribution in [-0.4, -0.2) is 18.5 Å². The van der Waals surface area contributed by atoms with Gasteiger partial charge in [-0.1, -0.05) is 23.7 Å². The molecule has 0 bridgehead atoms. The van der Waals surface area contributed by atoms with E-state index in [1.165, 1.54) is 0 Å².